The maximum Gasteiger partial charge on any atom is 0.407 e. The van der Waals surface area contributed by atoms with E-state index in [0.29, 0.717) is 12.1 Å². The number of carbonyl (C=O) groups excluding carboxylic acids is 2. The number of rotatable bonds is 9. The number of carboxylic acid groups (broad SMARTS) is 1. The molecule has 2 amide bonds. The van der Waals surface area contributed by atoms with Gasteiger partial charge >= 0.3 is 12.1 Å². The molecule has 3 aromatic rings. The smallest absolute Gasteiger partial charge is 0.407 e. The van der Waals surface area contributed by atoms with Crippen LogP contribution in [-0.4, -0.2) is 45.5 Å². The van der Waals surface area contributed by atoms with E-state index in [0.717, 1.165) is 22.3 Å². The van der Waals surface area contributed by atoms with Gasteiger partial charge < -0.3 is 20.5 Å². The van der Waals surface area contributed by atoms with Gasteiger partial charge in [-0.1, -0.05) is 62.4 Å². The van der Waals surface area contributed by atoms with E-state index in [-0.39, 0.29) is 25.0 Å². The van der Waals surface area contributed by atoms with Crippen LogP contribution in [0.2, 0.25) is 0 Å². The second kappa shape index (κ2) is 10.4. The van der Waals surface area contributed by atoms with Crippen LogP contribution >= 0.6 is 0 Å². The van der Waals surface area contributed by atoms with Crippen molar-refractivity contribution in [3.05, 3.63) is 72.1 Å². The Morgan fingerprint density at radius 1 is 1.06 bits per heavy atom. The molecular formula is C26H28N4O5. The first kappa shape index (κ1) is 24.0. The molecule has 1 aromatic heterocycles. The van der Waals surface area contributed by atoms with Gasteiger partial charge in [0.1, 0.15) is 19.2 Å². The second-order valence-corrected chi connectivity index (χ2v) is 8.96. The standard InChI is InChI=1S/C26H28N4O5/c1-16(2)11-23(25(33)28-17-12-27-30(13-17)14-24(31)32)29-26(34)35-15-22-20-9-5-3-7-18(20)19-8-4-6-10-21(19)22/h3-10,12-13,16,22-23H,11,14-15H2,1-2H3,(H,28,33)(H,29,34)(H,31,32). The van der Waals surface area contributed by atoms with Gasteiger partial charge in [-0.3, -0.25) is 14.3 Å². The number of anilines is 1. The van der Waals surface area contributed by atoms with E-state index >= 15 is 0 Å². The zero-order valence-corrected chi connectivity index (χ0v) is 19.6. The van der Waals surface area contributed by atoms with Crippen molar-refractivity contribution in [2.75, 3.05) is 11.9 Å². The highest BCUT2D eigenvalue weighted by Gasteiger charge is 2.30. The molecule has 3 N–H and O–H groups in total. The number of ether oxygens (including phenoxy) is 1. The van der Waals surface area contributed by atoms with E-state index in [1.807, 2.05) is 50.2 Å². The van der Waals surface area contributed by atoms with Crippen LogP contribution in [0.3, 0.4) is 0 Å². The number of nitrogens with one attached hydrogen (secondary N) is 2. The molecule has 0 spiro atoms. The summed E-state index contributed by atoms with van der Waals surface area (Å²) in [5.41, 5.74) is 4.84. The number of hydrogen-bond acceptors (Lipinski definition) is 5. The van der Waals surface area contributed by atoms with Crippen LogP contribution in [0.4, 0.5) is 10.5 Å². The fraction of sp³-hybridized carbons (Fsp3) is 0.308. The van der Waals surface area contributed by atoms with Crippen LogP contribution < -0.4 is 10.6 Å². The largest absolute Gasteiger partial charge is 0.480 e. The van der Waals surface area contributed by atoms with Crippen molar-refractivity contribution < 1.29 is 24.2 Å². The van der Waals surface area contributed by atoms with Crippen LogP contribution in [0.25, 0.3) is 11.1 Å². The summed E-state index contributed by atoms with van der Waals surface area (Å²) < 4.78 is 6.79. The summed E-state index contributed by atoms with van der Waals surface area (Å²) in [6.07, 6.45) is 2.51. The molecule has 4 rings (SSSR count). The minimum atomic E-state index is -1.04. The summed E-state index contributed by atoms with van der Waals surface area (Å²) >= 11 is 0. The van der Waals surface area contributed by atoms with Crippen molar-refractivity contribution >= 4 is 23.7 Å². The molecular weight excluding hydrogens is 448 g/mol. The second-order valence-electron chi connectivity index (χ2n) is 8.96. The minimum Gasteiger partial charge on any atom is -0.480 e. The number of fused-ring (bicyclic) bond motifs is 3. The number of nitrogens with zero attached hydrogens (tertiary/aromatic N) is 2. The maximum absolute atomic E-state index is 12.9. The molecule has 1 aliphatic rings. The number of carbonyl (C=O) groups is 3. The quantitative estimate of drug-likeness (QED) is 0.431. The Bertz CT molecular complexity index is 1190. The number of amides is 2. The monoisotopic (exact) mass is 476 g/mol. The number of carboxylic acids is 1. The first-order valence-electron chi connectivity index (χ1n) is 11.5. The number of aromatic nitrogens is 2. The lowest BCUT2D eigenvalue weighted by Crippen LogP contribution is -2.45. The first-order valence-corrected chi connectivity index (χ1v) is 11.5. The molecule has 0 saturated carbocycles. The lowest BCUT2D eigenvalue weighted by Gasteiger charge is -2.20. The third-order valence-electron chi connectivity index (χ3n) is 5.86. The Morgan fingerprint density at radius 2 is 1.69 bits per heavy atom. The third kappa shape index (κ3) is 5.68. The zero-order valence-electron chi connectivity index (χ0n) is 19.6. The molecule has 9 heteroatoms. The van der Waals surface area contributed by atoms with Crippen molar-refractivity contribution in [1.82, 2.24) is 15.1 Å². The molecule has 35 heavy (non-hydrogen) atoms. The molecule has 0 saturated heterocycles. The Balaban J connectivity index is 1.40. The highest BCUT2D eigenvalue weighted by Crippen LogP contribution is 2.44. The average molecular weight is 477 g/mol. The van der Waals surface area contributed by atoms with Gasteiger partial charge in [0.2, 0.25) is 5.91 Å². The number of hydrogen-bond donors (Lipinski definition) is 3. The van der Waals surface area contributed by atoms with Crippen molar-refractivity contribution in [1.29, 1.82) is 0 Å². The fourth-order valence-electron chi connectivity index (χ4n) is 4.37. The van der Waals surface area contributed by atoms with Crippen LogP contribution in [0.5, 0.6) is 0 Å². The summed E-state index contributed by atoms with van der Waals surface area (Å²) in [7, 11) is 0. The molecule has 1 aliphatic carbocycles. The molecule has 0 radical (unpaired) electrons. The fourth-order valence-corrected chi connectivity index (χ4v) is 4.37. The molecule has 1 heterocycles. The molecule has 0 fully saturated rings. The third-order valence-corrected chi connectivity index (χ3v) is 5.86. The van der Waals surface area contributed by atoms with E-state index in [2.05, 4.69) is 27.9 Å². The van der Waals surface area contributed by atoms with Gasteiger partial charge in [-0.15, -0.1) is 0 Å². The maximum atomic E-state index is 12.9. The summed E-state index contributed by atoms with van der Waals surface area (Å²) in [5, 5.41) is 18.2. The summed E-state index contributed by atoms with van der Waals surface area (Å²) in [6.45, 7) is 3.73. The summed E-state index contributed by atoms with van der Waals surface area (Å²) in [6, 6.07) is 15.3. The van der Waals surface area contributed by atoms with Crippen LogP contribution in [0, 0.1) is 5.92 Å². The predicted octanol–water partition coefficient (Wildman–Crippen LogP) is 3.86. The van der Waals surface area contributed by atoms with Gasteiger partial charge in [0.15, 0.2) is 0 Å². The first-order chi connectivity index (χ1) is 16.8. The normalized spacial score (nSPS) is 13.1. The molecule has 182 valence electrons. The zero-order chi connectivity index (χ0) is 24.9. The topological polar surface area (TPSA) is 123 Å². The highest BCUT2D eigenvalue weighted by atomic mass is 16.5. The van der Waals surface area contributed by atoms with Crippen molar-refractivity contribution in [2.24, 2.45) is 5.92 Å². The van der Waals surface area contributed by atoms with Gasteiger partial charge in [0, 0.05) is 12.1 Å². The molecule has 9 nitrogen and oxygen atoms in total. The Kier molecular flexibility index (Phi) is 7.14. The highest BCUT2D eigenvalue weighted by molar-refractivity contribution is 5.96. The lowest BCUT2D eigenvalue weighted by molar-refractivity contribution is -0.137. The minimum absolute atomic E-state index is 0.0781. The molecule has 2 aromatic carbocycles. The number of aliphatic carboxylic acids is 1. The van der Waals surface area contributed by atoms with Gasteiger partial charge in [-0.05, 0) is 34.6 Å². The van der Waals surface area contributed by atoms with Crippen molar-refractivity contribution in [3.63, 3.8) is 0 Å². The van der Waals surface area contributed by atoms with E-state index in [4.69, 9.17) is 9.84 Å². The van der Waals surface area contributed by atoms with Gasteiger partial charge in [-0.2, -0.15) is 5.10 Å². The molecule has 0 aliphatic heterocycles. The van der Waals surface area contributed by atoms with Gasteiger partial charge in [0.25, 0.3) is 0 Å². The SMILES string of the molecule is CC(C)CC(NC(=O)OCC1c2ccccc2-c2ccccc21)C(=O)Nc1cnn(CC(=O)O)c1. The molecule has 0 bridgehead atoms. The number of benzene rings is 2. The van der Waals surface area contributed by atoms with Crippen molar-refractivity contribution in [2.45, 2.75) is 38.8 Å². The van der Waals surface area contributed by atoms with E-state index < -0.39 is 24.0 Å². The Morgan fingerprint density at radius 3 is 2.29 bits per heavy atom. The van der Waals surface area contributed by atoms with E-state index in [1.54, 1.807) is 0 Å². The Labute approximate surface area is 203 Å². The molecule has 1 unspecified atom stereocenters. The Hall–Kier alpha value is -4.14. The molecule has 1 atom stereocenters. The summed E-state index contributed by atoms with van der Waals surface area (Å²) in [4.78, 5) is 36.4. The average Bonchev–Trinajstić information content (AvgIpc) is 3.38. The van der Waals surface area contributed by atoms with E-state index in [1.165, 1.54) is 17.1 Å². The van der Waals surface area contributed by atoms with Crippen molar-refractivity contribution in [3.8, 4) is 11.1 Å². The summed E-state index contributed by atoms with van der Waals surface area (Å²) in [5.74, 6) is -1.41. The van der Waals surface area contributed by atoms with Crippen LogP contribution in [0.15, 0.2) is 60.9 Å². The van der Waals surface area contributed by atoms with Gasteiger partial charge in [0.05, 0.1) is 11.9 Å². The van der Waals surface area contributed by atoms with Crippen LogP contribution in [-0.2, 0) is 20.9 Å². The predicted molar refractivity (Wildman–Crippen MR) is 130 cm³/mol. The van der Waals surface area contributed by atoms with Gasteiger partial charge in [-0.25, -0.2) is 4.79 Å². The lowest BCUT2D eigenvalue weighted by atomic mass is 9.98. The van der Waals surface area contributed by atoms with E-state index in [9.17, 15) is 14.4 Å². The van der Waals surface area contributed by atoms with Crippen LogP contribution in [0.1, 0.15) is 37.3 Å². The number of alkyl carbamates (subject to hydrolysis) is 1.